The fourth-order valence-corrected chi connectivity index (χ4v) is 3.70. The van der Waals surface area contributed by atoms with Gasteiger partial charge in [0.1, 0.15) is 12.6 Å². The molecule has 1 unspecified atom stereocenters. The SMILES string of the molecule is CCN1C(C(=O)O)N=C(c2cccc(Br)c2)N1COCC[Si](C)(C)C. The number of aliphatic imine (C=N–C) groups is 1. The number of ether oxygens (including phenoxy) is 1. The van der Waals surface area contributed by atoms with Gasteiger partial charge in [0, 0.05) is 31.3 Å². The van der Waals surface area contributed by atoms with Crippen LogP contribution in [0.15, 0.2) is 33.7 Å². The van der Waals surface area contributed by atoms with Gasteiger partial charge in [-0.3, -0.25) is 5.01 Å². The molecule has 1 aromatic carbocycles. The second-order valence-electron chi connectivity index (χ2n) is 7.18. The zero-order chi connectivity index (χ0) is 18.6. The number of rotatable bonds is 8. The number of hydrogen-bond donors (Lipinski definition) is 1. The van der Waals surface area contributed by atoms with Crippen molar-refractivity contribution >= 4 is 35.8 Å². The van der Waals surface area contributed by atoms with Gasteiger partial charge in [0.2, 0.25) is 6.17 Å². The molecule has 1 aromatic rings. The number of likely N-dealkylation sites (N-methyl/N-ethyl adjacent to an activating group) is 1. The van der Waals surface area contributed by atoms with E-state index in [4.69, 9.17) is 4.74 Å². The maximum Gasteiger partial charge on any atom is 0.345 e. The van der Waals surface area contributed by atoms with Crippen molar-refractivity contribution in [3.63, 3.8) is 0 Å². The largest absolute Gasteiger partial charge is 0.479 e. The zero-order valence-corrected chi connectivity index (χ0v) is 17.8. The minimum Gasteiger partial charge on any atom is -0.479 e. The maximum absolute atomic E-state index is 11.6. The van der Waals surface area contributed by atoms with Crippen LogP contribution in [-0.2, 0) is 9.53 Å². The van der Waals surface area contributed by atoms with E-state index in [2.05, 4.69) is 40.6 Å². The molecule has 25 heavy (non-hydrogen) atoms. The minimum atomic E-state index is -1.17. The van der Waals surface area contributed by atoms with E-state index in [0.29, 0.717) is 25.7 Å². The van der Waals surface area contributed by atoms with Crippen molar-refractivity contribution in [3.05, 3.63) is 34.3 Å². The van der Waals surface area contributed by atoms with E-state index < -0.39 is 20.2 Å². The summed E-state index contributed by atoms with van der Waals surface area (Å²) in [6, 6.07) is 8.78. The summed E-state index contributed by atoms with van der Waals surface area (Å²) in [6.45, 7) is 10.3. The average molecular weight is 428 g/mol. The molecule has 0 saturated heterocycles. The number of carbonyl (C=O) groups is 1. The van der Waals surface area contributed by atoms with Crippen molar-refractivity contribution in [2.75, 3.05) is 19.9 Å². The highest BCUT2D eigenvalue weighted by atomic mass is 79.9. The van der Waals surface area contributed by atoms with E-state index in [9.17, 15) is 9.90 Å². The Morgan fingerprint density at radius 3 is 2.68 bits per heavy atom. The summed E-state index contributed by atoms with van der Waals surface area (Å²) in [5.41, 5.74) is 0.866. The number of carboxylic acid groups (broad SMARTS) is 1. The molecule has 1 atom stereocenters. The molecule has 0 bridgehead atoms. The van der Waals surface area contributed by atoms with Crippen LogP contribution in [0.3, 0.4) is 0 Å². The Morgan fingerprint density at radius 1 is 1.40 bits per heavy atom. The van der Waals surface area contributed by atoms with Crippen LogP contribution >= 0.6 is 15.9 Å². The molecule has 1 aliphatic rings. The summed E-state index contributed by atoms with van der Waals surface area (Å²) in [5, 5.41) is 13.1. The third kappa shape index (κ3) is 5.37. The normalized spacial score (nSPS) is 18.5. The molecule has 0 aliphatic carbocycles. The molecule has 6 nitrogen and oxygen atoms in total. The van der Waals surface area contributed by atoms with Gasteiger partial charge in [0.25, 0.3) is 0 Å². The van der Waals surface area contributed by atoms with Crippen molar-refractivity contribution in [3.8, 4) is 0 Å². The third-order valence-electron chi connectivity index (χ3n) is 3.92. The Hall–Kier alpha value is -1.22. The molecule has 0 radical (unpaired) electrons. The summed E-state index contributed by atoms with van der Waals surface area (Å²) >= 11 is 3.46. The van der Waals surface area contributed by atoms with Crippen molar-refractivity contribution < 1.29 is 14.6 Å². The number of halogens is 1. The number of hydrazine groups is 1. The summed E-state index contributed by atoms with van der Waals surface area (Å²) in [4.78, 5) is 16.0. The quantitative estimate of drug-likeness (QED) is 0.508. The van der Waals surface area contributed by atoms with Crippen molar-refractivity contribution in [2.24, 2.45) is 4.99 Å². The number of aliphatic carboxylic acids is 1. The highest BCUT2D eigenvalue weighted by Gasteiger charge is 2.38. The van der Waals surface area contributed by atoms with Crippen LogP contribution in [0, 0.1) is 0 Å². The number of hydrogen-bond acceptors (Lipinski definition) is 5. The first-order valence-electron chi connectivity index (χ1n) is 8.41. The smallest absolute Gasteiger partial charge is 0.345 e. The fraction of sp³-hybridized carbons (Fsp3) is 0.529. The fourth-order valence-electron chi connectivity index (χ4n) is 2.54. The number of nitrogens with zero attached hydrogens (tertiary/aromatic N) is 3. The molecule has 1 aliphatic heterocycles. The second kappa shape index (κ2) is 8.44. The van der Waals surface area contributed by atoms with Gasteiger partial charge in [-0.15, -0.1) is 0 Å². The van der Waals surface area contributed by atoms with Crippen LogP contribution in [-0.4, -0.2) is 61.1 Å². The van der Waals surface area contributed by atoms with Gasteiger partial charge in [-0.25, -0.2) is 9.79 Å². The average Bonchev–Trinajstić information content (AvgIpc) is 2.89. The van der Waals surface area contributed by atoms with Crippen LogP contribution in [0.25, 0.3) is 0 Å². The highest BCUT2D eigenvalue weighted by molar-refractivity contribution is 9.10. The molecule has 0 amide bonds. The predicted octanol–water partition coefficient (Wildman–Crippen LogP) is 3.47. The summed E-state index contributed by atoms with van der Waals surface area (Å²) < 4.78 is 6.79. The van der Waals surface area contributed by atoms with Gasteiger partial charge in [0.05, 0.1) is 0 Å². The summed E-state index contributed by atoms with van der Waals surface area (Å²) in [6.07, 6.45) is -0.917. The molecule has 0 aromatic heterocycles. The molecule has 0 saturated carbocycles. The van der Waals surface area contributed by atoms with E-state index in [1.54, 1.807) is 5.01 Å². The van der Waals surface area contributed by atoms with Crippen molar-refractivity contribution in [1.29, 1.82) is 0 Å². The molecule has 1 heterocycles. The van der Waals surface area contributed by atoms with E-state index in [-0.39, 0.29) is 0 Å². The highest BCUT2D eigenvalue weighted by Crippen LogP contribution is 2.23. The van der Waals surface area contributed by atoms with Crippen molar-refractivity contribution in [2.45, 2.75) is 38.8 Å². The second-order valence-corrected chi connectivity index (χ2v) is 13.7. The Bertz CT molecular complexity index is 648. The van der Waals surface area contributed by atoms with Gasteiger partial charge >= 0.3 is 5.97 Å². The lowest BCUT2D eigenvalue weighted by molar-refractivity contribution is -0.149. The Balaban J connectivity index is 2.19. The Labute approximate surface area is 158 Å². The van der Waals surface area contributed by atoms with E-state index in [1.807, 2.05) is 36.2 Å². The molecular weight excluding hydrogens is 402 g/mol. The van der Waals surface area contributed by atoms with Crippen LogP contribution in [0.5, 0.6) is 0 Å². The van der Waals surface area contributed by atoms with Gasteiger partial charge in [-0.2, -0.15) is 5.01 Å². The lowest BCUT2D eigenvalue weighted by Crippen LogP contribution is -2.48. The first kappa shape index (κ1) is 20.1. The van der Waals surface area contributed by atoms with Crippen molar-refractivity contribution in [1.82, 2.24) is 10.0 Å². The van der Waals surface area contributed by atoms with Gasteiger partial charge in [-0.05, 0) is 18.2 Å². The van der Waals surface area contributed by atoms with E-state index in [0.717, 1.165) is 16.1 Å². The lowest BCUT2D eigenvalue weighted by atomic mass is 10.2. The van der Waals surface area contributed by atoms with Crippen LogP contribution in [0.1, 0.15) is 12.5 Å². The van der Waals surface area contributed by atoms with Crippen LogP contribution in [0.4, 0.5) is 0 Å². The molecule has 8 heteroatoms. The Morgan fingerprint density at radius 2 is 2.12 bits per heavy atom. The lowest BCUT2D eigenvalue weighted by Gasteiger charge is -2.31. The van der Waals surface area contributed by atoms with Gasteiger partial charge in [0.15, 0.2) is 0 Å². The number of benzene rings is 1. The van der Waals surface area contributed by atoms with Crippen LogP contribution in [0.2, 0.25) is 25.7 Å². The van der Waals surface area contributed by atoms with E-state index >= 15 is 0 Å². The Kier molecular flexibility index (Phi) is 6.78. The third-order valence-corrected chi connectivity index (χ3v) is 6.12. The molecular formula is C17H26BrN3O3Si. The van der Waals surface area contributed by atoms with Gasteiger partial charge in [-0.1, -0.05) is 54.6 Å². The van der Waals surface area contributed by atoms with Gasteiger partial charge < -0.3 is 9.84 Å². The monoisotopic (exact) mass is 427 g/mol. The molecule has 0 spiro atoms. The molecule has 138 valence electrons. The minimum absolute atomic E-state index is 0.299. The van der Waals surface area contributed by atoms with E-state index in [1.165, 1.54) is 0 Å². The molecule has 1 N–H and O–H groups in total. The van der Waals surface area contributed by atoms with Crippen LogP contribution < -0.4 is 0 Å². The maximum atomic E-state index is 11.6. The summed E-state index contributed by atoms with van der Waals surface area (Å²) in [7, 11) is -1.17. The topological polar surface area (TPSA) is 65.4 Å². The molecule has 2 rings (SSSR count). The predicted molar refractivity (Wildman–Crippen MR) is 105 cm³/mol. The standard InChI is InChI=1S/C17H26BrN3O3Si/c1-5-20-16(17(22)23)19-15(13-7-6-8-14(18)11-13)21(20)12-24-9-10-25(2,3)4/h6-8,11,16H,5,9-10,12H2,1-4H3,(H,22,23). The first-order valence-corrected chi connectivity index (χ1v) is 12.9. The number of carboxylic acids is 1. The number of amidine groups is 1. The summed E-state index contributed by atoms with van der Waals surface area (Å²) in [5.74, 6) is -0.331. The first-order chi connectivity index (χ1) is 11.7. The zero-order valence-electron chi connectivity index (χ0n) is 15.2. The molecule has 0 fully saturated rings.